The van der Waals surface area contributed by atoms with Crippen molar-refractivity contribution in [3.8, 4) is 0 Å². The first-order valence-electron chi connectivity index (χ1n) is 9.14. The van der Waals surface area contributed by atoms with Crippen LogP contribution < -0.4 is 0 Å². The van der Waals surface area contributed by atoms with Crippen LogP contribution in [0.4, 0.5) is 0 Å². The third kappa shape index (κ3) is 4.83. The molecule has 1 aliphatic rings. The third-order valence-corrected chi connectivity index (χ3v) is 5.31. The summed E-state index contributed by atoms with van der Waals surface area (Å²) < 4.78 is 0. The summed E-state index contributed by atoms with van der Waals surface area (Å²) in [6.07, 6.45) is 2.96. The quantitative estimate of drug-likeness (QED) is 0.805. The summed E-state index contributed by atoms with van der Waals surface area (Å²) in [5.74, 6) is 0.538. The number of hydrogen-bond acceptors (Lipinski definition) is 3. The number of amides is 1. The lowest BCUT2D eigenvalue weighted by Crippen LogP contribution is -2.41. The van der Waals surface area contributed by atoms with Gasteiger partial charge in [0.05, 0.1) is 6.54 Å². The Morgan fingerprint density at radius 2 is 2.04 bits per heavy atom. The molecular formula is C21H26ClN3O. The molecule has 3 rings (SSSR count). The number of piperidine rings is 1. The van der Waals surface area contributed by atoms with Crippen molar-refractivity contribution in [3.05, 3.63) is 64.4 Å². The number of benzene rings is 1. The van der Waals surface area contributed by atoms with E-state index in [1.807, 2.05) is 38.4 Å². The maximum Gasteiger partial charge on any atom is 0.236 e. The number of carbonyl (C=O) groups is 1. The van der Waals surface area contributed by atoms with Crippen LogP contribution in [0.3, 0.4) is 0 Å². The molecule has 1 saturated heterocycles. The summed E-state index contributed by atoms with van der Waals surface area (Å²) >= 11 is 6.29. The molecule has 1 aliphatic heterocycles. The maximum absolute atomic E-state index is 12.0. The lowest BCUT2D eigenvalue weighted by molar-refractivity contribution is -0.130. The average Bonchev–Trinajstić information content (AvgIpc) is 2.64. The molecule has 5 heteroatoms. The van der Waals surface area contributed by atoms with Crippen molar-refractivity contribution in [1.29, 1.82) is 0 Å². The minimum Gasteiger partial charge on any atom is -0.348 e. The van der Waals surface area contributed by atoms with Gasteiger partial charge in [0, 0.05) is 49.4 Å². The van der Waals surface area contributed by atoms with Crippen molar-refractivity contribution in [2.45, 2.75) is 25.2 Å². The average molecular weight is 372 g/mol. The molecule has 1 aromatic heterocycles. The van der Waals surface area contributed by atoms with E-state index >= 15 is 0 Å². The van der Waals surface area contributed by atoms with E-state index in [2.05, 4.69) is 23.1 Å². The zero-order valence-corrected chi connectivity index (χ0v) is 16.2. The van der Waals surface area contributed by atoms with Crippen molar-refractivity contribution in [2.24, 2.45) is 0 Å². The molecule has 0 aliphatic carbocycles. The van der Waals surface area contributed by atoms with Gasteiger partial charge in [-0.1, -0.05) is 35.9 Å². The molecule has 2 aromatic rings. The molecular weight excluding hydrogens is 346 g/mol. The SMILES string of the molecule is CN(C)C(=O)CN1CCCC(c2cccc(Cc3ccccc3Cl)n2)C1. The molecule has 0 saturated carbocycles. The van der Waals surface area contributed by atoms with Crippen molar-refractivity contribution >= 4 is 17.5 Å². The molecule has 1 amide bonds. The second-order valence-corrected chi connectivity index (χ2v) is 7.59. The van der Waals surface area contributed by atoms with Crippen LogP contribution in [0.5, 0.6) is 0 Å². The Balaban J connectivity index is 1.69. The summed E-state index contributed by atoms with van der Waals surface area (Å²) in [5, 5.41) is 0.783. The van der Waals surface area contributed by atoms with Crippen LogP contribution in [0.25, 0.3) is 0 Å². The molecule has 0 N–H and O–H groups in total. The van der Waals surface area contributed by atoms with Crippen molar-refractivity contribution in [3.63, 3.8) is 0 Å². The predicted molar refractivity (Wildman–Crippen MR) is 106 cm³/mol. The fourth-order valence-electron chi connectivity index (χ4n) is 3.43. The summed E-state index contributed by atoms with van der Waals surface area (Å²) in [5.41, 5.74) is 3.26. The first-order valence-corrected chi connectivity index (χ1v) is 9.52. The Morgan fingerprint density at radius 3 is 2.81 bits per heavy atom. The van der Waals surface area contributed by atoms with E-state index in [-0.39, 0.29) is 5.91 Å². The minimum absolute atomic E-state index is 0.158. The molecule has 1 atom stereocenters. The Hall–Kier alpha value is -1.91. The monoisotopic (exact) mass is 371 g/mol. The number of aromatic nitrogens is 1. The van der Waals surface area contributed by atoms with Crippen LogP contribution in [-0.2, 0) is 11.2 Å². The number of rotatable bonds is 5. The molecule has 0 bridgehead atoms. The number of nitrogens with zero attached hydrogens (tertiary/aromatic N) is 3. The van der Waals surface area contributed by atoms with Gasteiger partial charge in [0.1, 0.15) is 0 Å². The number of likely N-dealkylation sites (N-methyl/N-ethyl adjacent to an activating group) is 1. The Kier molecular flexibility index (Phi) is 6.28. The van der Waals surface area contributed by atoms with Gasteiger partial charge < -0.3 is 4.90 Å². The largest absolute Gasteiger partial charge is 0.348 e. The summed E-state index contributed by atoms with van der Waals surface area (Å²) in [7, 11) is 3.62. The van der Waals surface area contributed by atoms with E-state index in [4.69, 9.17) is 16.6 Å². The number of pyridine rings is 1. The third-order valence-electron chi connectivity index (χ3n) is 4.94. The van der Waals surface area contributed by atoms with Crippen LogP contribution >= 0.6 is 11.6 Å². The summed E-state index contributed by atoms with van der Waals surface area (Å²) in [4.78, 5) is 20.8. The van der Waals surface area contributed by atoms with Gasteiger partial charge in [-0.15, -0.1) is 0 Å². The fraction of sp³-hybridized carbons (Fsp3) is 0.429. The van der Waals surface area contributed by atoms with Gasteiger partial charge in [-0.2, -0.15) is 0 Å². The Bertz CT molecular complexity index is 762. The van der Waals surface area contributed by atoms with Crippen LogP contribution in [0.15, 0.2) is 42.5 Å². The Labute approximate surface area is 160 Å². The number of halogens is 1. The highest BCUT2D eigenvalue weighted by molar-refractivity contribution is 6.31. The molecule has 0 radical (unpaired) electrons. The van der Waals surface area contributed by atoms with Gasteiger partial charge in [-0.25, -0.2) is 0 Å². The molecule has 0 spiro atoms. The van der Waals surface area contributed by atoms with Gasteiger partial charge in [0.25, 0.3) is 0 Å². The standard InChI is InChI=1S/C21H26ClN3O/c1-24(2)21(26)15-25-12-6-8-17(14-25)20-11-5-9-18(23-20)13-16-7-3-4-10-19(16)22/h3-5,7,9-11,17H,6,8,12-15H2,1-2H3. The zero-order chi connectivity index (χ0) is 18.5. The number of carbonyl (C=O) groups excluding carboxylic acids is 1. The van der Waals surface area contributed by atoms with Gasteiger partial charge in [0.2, 0.25) is 5.91 Å². The van der Waals surface area contributed by atoms with Gasteiger partial charge in [0.15, 0.2) is 0 Å². The van der Waals surface area contributed by atoms with E-state index in [1.165, 1.54) is 0 Å². The molecule has 2 heterocycles. The molecule has 1 aromatic carbocycles. The maximum atomic E-state index is 12.0. The highest BCUT2D eigenvalue weighted by Gasteiger charge is 2.24. The number of hydrogen-bond donors (Lipinski definition) is 0. The first kappa shape index (κ1) is 18.9. The van der Waals surface area contributed by atoms with Gasteiger partial charge >= 0.3 is 0 Å². The lowest BCUT2D eigenvalue weighted by Gasteiger charge is -2.32. The van der Waals surface area contributed by atoms with Crippen LogP contribution in [-0.4, -0.2) is 54.4 Å². The second-order valence-electron chi connectivity index (χ2n) is 7.18. The molecule has 26 heavy (non-hydrogen) atoms. The molecule has 4 nitrogen and oxygen atoms in total. The molecule has 1 unspecified atom stereocenters. The topological polar surface area (TPSA) is 36.4 Å². The number of likely N-dealkylation sites (tertiary alicyclic amines) is 1. The predicted octanol–water partition coefficient (Wildman–Crippen LogP) is 3.59. The fourth-order valence-corrected chi connectivity index (χ4v) is 3.64. The van der Waals surface area contributed by atoms with Crippen molar-refractivity contribution in [2.75, 3.05) is 33.7 Å². The first-order chi connectivity index (χ1) is 12.5. The van der Waals surface area contributed by atoms with E-state index in [1.54, 1.807) is 4.90 Å². The van der Waals surface area contributed by atoms with Crippen molar-refractivity contribution < 1.29 is 4.79 Å². The van der Waals surface area contributed by atoms with E-state index in [9.17, 15) is 4.79 Å². The highest BCUT2D eigenvalue weighted by atomic mass is 35.5. The van der Waals surface area contributed by atoms with Gasteiger partial charge in [-0.05, 0) is 43.1 Å². The zero-order valence-electron chi connectivity index (χ0n) is 15.5. The molecule has 138 valence electrons. The minimum atomic E-state index is 0.158. The van der Waals surface area contributed by atoms with Crippen LogP contribution in [0.2, 0.25) is 5.02 Å². The second kappa shape index (κ2) is 8.65. The summed E-state index contributed by atoms with van der Waals surface area (Å²) in [6.45, 7) is 2.36. The van der Waals surface area contributed by atoms with Crippen molar-refractivity contribution in [1.82, 2.24) is 14.8 Å². The van der Waals surface area contributed by atoms with Crippen LogP contribution in [0.1, 0.15) is 35.7 Å². The summed E-state index contributed by atoms with van der Waals surface area (Å²) in [6, 6.07) is 14.2. The Morgan fingerprint density at radius 1 is 1.23 bits per heavy atom. The highest BCUT2D eigenvalue weighted by Crippen LogP contribution is 2.26. The lowest BCUT2D eigenvalue weighted by atomic mass is 9.94. The molecule has 1 fully saturated rings. The smallest absolute Gasteiger partial charge is 0.236 e. The van der Waals surface area contributed by atoms with E-state index < -0.39 is 0 Å². The van der Waals surface area contributed by atoms with E-state index in [0.29, 0.717) is 12.5 Å². The normalized spacial score (nSPS) is 17.9. The van der Waals surface area contributed by atoms with Crippen LogP contribution in [0, 0.1) is 0 Å². The van der Waals surface area contributed by atoms with Gasteiger partial charge in [-0.3, -0.25) is 14.7 Å². The van der Waals surface area contributed by atoms with E-state index in [0.717, 1.165) is 54.3 Å².